The highest BCUT2D eigenvalue weighted by Crippen LogP contribution is 2.23. The smallest absolute Gasteiger partial charge is 0.243 e. The fourth-order valence-corrected chi connectivity index (χ4v) is 5.41. The zero-order valence-electron chi connectivity index (χ0n) is 14.3. The van der Waals surface area contributed by atoms with Crippen molar-refractivity contribution in [2.75, 3.05) is 40.4 Å². The predicted octanol–water partition coefficient (Wildman–Crippen LogP) is 0.0989. The molecule has 0 aromatic heterocycles. The molecule has 0 aliphatic carbocycles. The topological polar surface area (TPSA) is 104 Å². The number of aliphatic hydroxyl groups excluding tert-OH is 1. The molecule has 1 aliphatic rings. The van der Waals surface area contributed by atoms with Crippen LogP contribution < -0.4 is 0 Å². The van der Waals surface area contributed by atoms with E-state index in [2.05, 4.69) is 0 Å². The van der Waals surface area contributed by atoms with Gasteiger partial charge in [-0.2, -0.15) is 8.61 Å². The molecule has 1 N–H and O–H groups in total. The van der Waals surface area contributed by atoms with Crippen molar-refractivity contribution in [2.45, 2.75) is 28.7 Å². The first-order valence-electron chi connectivity index (χ1n) is 7.93. The number of hydrogen-bond acceptors (Lipinski definition) is 6. The summed E-state index contributed by atoms with van der Waals surface area (Å²) in [6.45, 7) is 0.877. The van der Waals surface area contributed by atoms with Gasteiger partial charge in [0.05, 0.1) is 22.5 Å². The fraction of sp³-hybridized carbons (Fsp3) is 0.600. The summed E-state index contributed by atoms with van der Waals surface area (Å²) in [5.41, 5.74) is 0. The summed E-state index contributed by atoms with van der Waals surface area (Å²) in [6, 6.07) is 5.16. The lowest BCUT2D eigenvalue weighted by molar-refractivity contribution is 0.0554. The molecule has 1 fully saturated rings. The minimum absolute atomic E-state index is 0.0207. The lowest BCUT2D eigenvalue weighted by atomic mass is 10.4. The summed E-state index contributed by atoms with van der Waals surface area (Å²) in [4.78, 5) is 0.0513. The van der Waals surface area contributed by atoms with Gasteiger partial charge in [-0.05, 0) is 37.1 Å². The van der Waals surface area contributed by atoms with Gasteiger partial charge in [0, 0.05) is 33.8 Å². The lowest BCUT2D eigenvalue weighted by Crippen LogP contribution is -2.36. The number of benzene rings is 1. The van der Waals surface area contributed by atoms with E-state index in [1.54, 1.807) is 0 Å². The van der Waals surface area contributed by atoms with Gasteiger partial charge >= 0.3 is 0 Å². The molecular weight excluding hydrogens is 368 g/mol. The molecule has 0 amide bonds. The van der Waals surface area contributed by atoms with Gasteiger partial charge in [0.25, 0.3) is 0 Å². The zero-order chi connectivity index (χ0) is 18.7. The molecule has 10 heteroatoms. The molecule has 0 bridgehead atoms. The van der Waals surface area contributed by atoms with Gasteiger partial charge < -0.3 is 9.84 Å². The van der Waals surface area contributed by atoms with E-state index in [1.165, 1.54) is 42.7 Å². The van der Waals surface area contributed by atoms with Crippen molar-refractivity contribution in [1.82, 2.24) is 8.61 Å². The maximum atomic E-state index is 12.5. The van der Waals surface area contributed by atoms with Crippen LogP contribution in [-0.2, 0) is 24.8 Å². The molecule has 2 rings (SSSR count). The third-order valence-corrected chi connectivity index (χ3v) is 7.81. The first kappa shape index (κ1) is 20.3. The van der Waals surface area contributed by atoms with E-state index >= 15 is 0 Å². The number of hydrogen-bond donors (Lipinski definition) is 1. The van der Waals surface area contributed by atoms with Gasteiger partial charge in [-0.25, -0.2) is 16.8 Å². The quantitative estimate of drug-likeness (QED) is 0.673. The summed E-state index contributed by atoms with van der Waals surface area (Å²) >= 11 is 0. The van der Waals surface area contributed by atoms with E-state index < -0.39 is 26.2 Å². The van der Waals surface area contributed by atoms with Gasteiger partial charge in [0.15, 0.2) is 0 Å². The zero-order valence-corrected chi connectivity index (χ0v) is 16.0. The van der Waals surface area contributed by atoms with Gasteiger partial charge in [-0.3, -0.25) is 0 Å². The molecule has 0 spiro atoms. The minimum Gasteiger partial charge on any atom is -0.389 e. The Labute approximate surface area is 149 Å². The summed E-state index contributed by atoms with van der Waals surface area (Å²) in [7, 11) is -4.64. The van der Waals surface area contributed by atoms with Crippen LogP contribution in [0.15, 0.2) is 34.1 Å². The predicted molar refractivity (Wildman–Crippen MR) is 92.1 cm³/mol. The average molecular weight is 392 g/mol. The van der Waals surface area contributed by atoms with E-state index in [0.29, 0.717) is 13.1 Å². The van der Waals surface area contributed by atoms with E-state index in [4.69, 9.17) is 4.74 Å². The molecule has 1 heterocycles. The van der Waals surface area contributed by atoms with Crippen LogP contribution in [0.25, 0.3) is 0 Å². The number of likely N-dealkylation sites (N-methyl/N-ethyl adjacent to an activating group) is 1. The maximum absolute atomic E-state index is 12.5. The van der Waals surface area contributed by atoms with Gasteiger partial charge in [0.2, 0.25) is 20.0 Å². The highest BCUT2D eigenvalue weighted by atomic mass is 32.2. The Kier molecular flexibility index (Phi) is 6.57. The second kappa shape index (κ2) is 8.11. The van der Waals surface area contributed by atoms with Crippen molar-refractivity contribution in [1.29, 1.82) is 0 Å². The number of sulfonamides is 2. The van der Waals surface area contributed by atoms with Crippen molar-refractivity contribution in [3.63, 3.8) is 0 Å². The number of nitrogens with zero attached hydrogens (tertiary/aromatic N) is 2. The van der Waals surface area contributed by atoms with Crippen molar-refractivity contribution < 1.29 is 26.7 Å². The van der Waals surface area contributed by atoms with Crippen LogP contribution in [0.4, 0.5) is 0 Å². The van der Waals surface area contributed by atoms with Crippen molar-refractivity contribution in [3.8, 4) is 0 Å². The summed E-state index contributed by atoms with van der Waals surface area (Å²) < 4.78 is 57.1. The molecule has 1 saturated heterocycles. The van der Waals surface area contributed by atoms with Gasteiger partial charge in [-0.1, -0.05) is 0 Å². The second-order valence-corrected chi connectivity index (χ2v) is 9.96. The van der Waals surface area contributed by atoms with E-state index in [0.717, 1.165) is 17.1 Å². The Morgan fingerprint density at radius 2 is 1.64 bits per heavy atom. The van der Waals surface area contributed by atoms with Crippen LogP contribution >= 0.6 is 0 Å². The average Bonchev–Trinajstić information content (AvgIpc) is 3.10. The lowest BCUT2D eigenvalue weighted by Gasteiger charge is -2.20. The minimum atomic E-state index is -3.82. The van der Waals surface area contributed by atoms with E-state index in [-0.39, 0.29) is 22.9 Å². The normalized spacial score (nSPS) is 17.9. The van der Waals surface area contributed by atoms with E-state index in [1.807, 2.05) is 0 Å². The number of ether oxygens (including phenoxy) is 1. The number of aliphatic hydroxyl groups is 1. The summed E-state index contributed by atoms with van der Waals surface area (Å²) in [5, 5.41) is 9.69. The van der Waals surface area contributed by atoms with Crippen LogP contribution in [0.2, 0.25) is 0 Å². The molecule has 0 saturated carbocycles. The first-order valence-corrected chi connectivity index (χ1v) is 10.8. The van der Waals surface area contributed by atoms with Crippen LogP contribution in [0.5, 0.6) is 0 Å². The number of rotatable bonds is 8. The molecule has 1 atom stereocenters. The Morgan fingerprint density at radius 3 is 2.16 bits per heavy atom. The van der Waals surface area contributed by atoms with Crippen molar-refractivity contribution in [3.05, 3.63) is 24.3 Å². The molecule has 0 unspecified atom stereocenters. The molecule has 1 aromatic carbocycles. The Balaban J connectivity index is 2.18. The standard InChI is InChI=1S/C15H24N2O6S2/c1-16(11-13(18)12-23-2)24(19,20)14-5-7-15(8-6-14)25(21,22)17-9-3-4-10-17/h5-8,13,18H,3-4,9-12H2,1-2H3/t13-/m1/s1. The van der Waals surface area contributed by atoms with Gasteiger partial charge in [-0.15, -0.1) is 0 Å². The van der Waals surface area contributed by atoms with Crippen molar-refractivity contribution in [2.24, 2.45) is 0 Å². The third kappa shape index (κ3) is 4.57. The molecule has 1 aliphatic heterocycles. The Hall–Kier alpha value is -1.04. The van der Waals surface area contributed by atoms with Crippen LogP contribution in [0.3, 0.4) is 0 Å². The maximum Gasteiger partial charge on any atom is 0.243 e. The molecular formula is C15H24N2O6S2. The second-order valence-electron chi connectivity index (χ2n) is 5.98. The van der Waals surface area contributed by atoms with Gasteiger partial charge in [0.1, 0.15) is 0 Å². The van der Waals surface area contributed by atoms with Crippen LogP contribution in [-0.4, -0.2) is 77.1 Å². The Bertz CT molecular complexity index is 771. The van der Waals surface area contributed by atoms with Crippen molar-refractivity contribution >= 4 is 20.0 Å². The molecule has 25 heavy (non-hydrogen) atoms. The molecule has 8 nitrogen and oxygen atoms in total. The molecule has 1 aromatic rings. The van der Waals surface area contributed by atoms with E-state index in [9.17, 15) is 21.9 Å². The van der Waals surface area contributed by atoms with Crippen LogP contribution in [0.1, 0.15) is 12.8 Å². The monoisotopic (exact) mass is 392 g/mol. The third-order valence-electron chi connectivity index (χ3n) is 4.06. The SMILES string of the molecule is COC[C@H](O)CN(C)S(=O)(=O)c1ccc(S(=O)(=O)N2CCCC2)cc1. The largest absolute Gasteiger partial charge is 0.389 e. The van der Waals surface area contributed by atoms with Crippen LogP contribution in [0, 0.1) is 0 Å². The molecule has 142 valence electrons. The Morgan fingerprint density at radius 1 is 1.12 bits per heavy atom. The highest BCUT2D eigenvalue weighted by Gasteiger charge is 2.28. The first-order chi connectivity index (χ1) is 11.7. The summed E-state index contributed by atoms with van der Waals surface area (Å²) in [6.07, 6.45) is 0.722. The summed E-state index contributed by atoms with van der Waals surface area (Å²) in [5.74, 6) is 0. The number of methoxy groups -OCH3 is 1. The fourth-order valence-electron chi connectivity index (χ4n) is 2.68. The highest BCUT2D eigenvalue weighted by molar-refractivity contribution is 7.89. The molecule has 0 radical (unpaired) electrons.